The van der Waals surface area contributed by atoms with E-state index in [2.05, 4.69) is 15.6 Å². The molecule has 0 aliphatic heterocycles. The molecule has 0 unspecified atom stereocenters. The lowest BCUT2D eigenvalue weighted by molar-refractivity contribution is -0.137. The van der Waals surface area contributed by atoms with Crippen LogP contribution in [0.3, 0.4) is 0 Å². The first-order valence-corrected chi connectivity index (χ1v) is 8.53. The minimum absolute atomic E-state index is 0.0216. The molecule has 0 bridgehead atoms. The molecule has 0 aliphatic carbocycles. The summed E-state index contributed by atoms with van der Waals surface area (Å²) in [5.41, 5.74) is 0.965. The molecule has 0 aliphatic rings. The molecule has 0 saturated heterocycles. The molecular formula is C20H20F3N3O3. The van der Waals surface area contributed by atoms with Crippen molar-refractivity contribution in [1.82, 2.24) is 5.32 Å². The standard InChI is InChI=1S/C20H20F3N3O3/c1-13(14-8-6-9-16(11-14)20(21,22)23)25-29-12-15-7-4-5-10-17(15)18(26-28-3)19(27)24-2/h4-11H,12H2,1-3H3,(H,24,27)/b25-13+,26-18?. The number of hydrogen-bond acceptors (Lipinski definition) is 5. The van der Waals surface area contributed by atoms with Crippen LogP contribution in [0.2, 0.25) is 0 Å². The van der Waals surface area contributed by atoms with Crippen molar-refractivity contribution in [3.63, 3.8) is 0 Å². The molecule has 0 fully saturated rings. The predicted molar refractivity (Wildman–Crippen MR) is 102 cm³/mol. The number of benzene rings is 2. The van der Waals surface area contributed by atoms with Crippen LogP contribution in [-0.2, 0) is 27.3 Å². The van der Waals surface area contributed by atoms with E-state index in [9.17, 15) is 18.0 Å². The molecule has 1 amide bonds. The first kappa shape index (κ1) is 21.9. The zero-order valence-corrected chi connectivity index (χ0v) is 16.1. The fourth-order valence-corrected chi connectivity index (χ4v) is 2.47. The van der Waals surface area contributed by atoms with Gasteiger partial charge in [0.05, 0.1) is 11.3 Å². The Hall–Kier alpha value is -3.36. The van der Waals surface area contributed by atoms with E-state index in [0.717, 1.165) is 12.1 Å². The van der Waals surface area contributed by atoms with Crippen LogP contribution >= 0.6 is 0 Å². The van der Waals surface area contributed by atoms with Crippen molar-refractivity contribution in [2.75, 3.05) is 14.2 Å². The smallest absolute Gasteiger partial charge is 0.398 e. The lowest BCUT2D eigenvalue weighted by Gasteiger charge is -2.11. The number of likely N-dealkylation sites (N-methyl/N-ethyl adjacent to an activating group) is 1. The van der Waals surface area contributed by atoms with Crippen molar-refractivity contribution in [3.05, 3.63) is 70.8 Å². The maximum atomic E-state index is 12.9. The van der Waals surface area contributed by atoms with Gasteiger partial charge in [0.2, 0.25) is 0 Å². The van der Waals surface area contributed by atoms with Gasteiger partial charge in [0.1, 0.15) is 13.7 Å². The van der Waals surface area contributed by atoms with Gasteiger partial charge in [-0.3, -0.25) is 4.79 Å². The number of rotatable bonds is 7. The van der Waals surface area contributed by atoms with Crippen molar-refractivity contribution < 1.29 is 27.6 Å². The van der Waals surface area contributed by atoms with E-state index in [1.807, 2.05) is 0 Å². The van der Waals surface area contributed by atoms with Gasteiger partial charge in [0.25, 0.3) is 5.91 Å². The molecule has 0 saturated carbocycles. The Kier molecular flexibility index (Phi) is 7.35. The highest BCUT2D eigenvalue weighted by Gasteiger charge is 2.30. The van der Waals surface area contributed by atoms with Crippen LogP contribution < -0.4 is 5.32 Å². The Morgan fingerprint density at radius 3 is 2.48 bits per heavy atom. The van der Waals surface area contributed by atoms with Gasteiger partial charge in [-0.25, -0.2) is 0 Å². The molecule has 29 heavy (non-hydrogen) atoms. The highest BCUT2D eigenvalue weighted by Crippen LogP contribution is 2.29. The van der Waals surface area contributed by atoms with Gasteiger partial charge in [-0.05, 0) is 24.6 Å². The van der Waals surface area contributed by atoms with E-state index in [4.69, 9.17) is 9.68 Å². The van der Waals surface area contributed by atoms with Gasteiger partial charge >= 0.3 is 6.18 Å². The third-order valence-electron chi connectivity index (χ3n) is 3.93. The molecule has 0 atom stereocenters. The number of halogens is 3. The topological polar surface area (TPSA) is 72.3 Å². The molecular weight excluding hydrogens is 387 g/mol. The van der Waals surface area contributed by atoms with Crippen LogP contribution in [0.5, 0.6) is 0 Å². The minimum Gasteiger partial charge on any atom is -0.398 e. The molecule has 9 heteroatoms. The summed E-state index contributed by atoms with van der Waals surface area (Å²) in [5, 5.41) is 10.1. The summed E-state index contributed by atoms with van der Waals surface area (Å²) < 4.78 is 38.6. The Morgan fingerprint density at radius 2 is 1.83 bits per heavy atom. The zero-order valence-electron chi connectivity index (χ0n) is 16.1. The van der Waals surface area contributed by atoms with E-state index in [1.165, 1.54) is 26.3 Å². The second kappa shape index (κ2) is 9.72. The van der Waals surface area contributed by atoms with E-state index in [0.29, 0.717) is 16.7 Å². The van der Waals surface area contributed by atoms with Crippen molar-refractivity contribution >= 4 is 17.3 Å². The Bertz CT molecular complexity index is 924. The Balaban J connectivity index is 2.21. The molecule has 2 rings (SSSR count). The summed E-state index contributed by atoms with van der Waals surface area (Å²) >= 11 is 0. The average Bonchev–Trinajstić information content (AvgIpc) is 2.71. The molecule has 2 aromatic rings. The van der Waals surface area contributed by atoms with Gasteiger partial charge in [-0.15, -0.1) is 0 Å². The van der Waals surface area contributed by atoms with Crippen LogP contribution in [0.15, 0.2) is 58.8 Å². The molecule has 154 valence electrons. The normalized spacial score (nSPS) is 12.5. The average molecular weight is 407 g/mol. The van der Waals surface area contributed by atoms with Crippen LogP contribution in [0, 0.1) is 0 Å². The maximum absolute atomic E-state index is 12.9. The number of carbonyl (C=O) groups is 1. The lowest BCUT2D eigenvalue weighted by atomic mass is 10.0. The van der Waals surface area contributed by atoms with E-state index < -0.39 is 17.6 Å². The van der Waals surface area contributed by atoms with Gasteiger partial charge in [0, 0.05) is 18.2 Å². The number of amides is 1. The summed E-state index contributed by atoms with van der Waals surface area (Å²) in [5.74, 6) is -0.442. The van der Waals surface area contributed by atoms with Crippen LogP contribution in [0.1, 0.15) is 29.2 Å². The van der Waals surface area contributed by atoms with E-state index in [1.54, 1.807) is 31.2 Å². The number of nitrogens with zero attached hydrogens (tertiary/aromatic N) is 2. The molecule has 0 radical (unpaired) electrons. The molecule has 0 aromatic heterocycles. The Morgan fingerprint density at radius 1 is 1.10 bits per heavy atom. The van der Waals surface area contributed by atoms with Crippen LogP contribution in [0.4, 0.5) is 13.2 Å². The van der Waals surface area contributed by atoms with Gasteiger partial charge in [-0.2, -0.15) is 13.2 Å². The molecule has 1 N–H and O–H groups in total. The quantitative estimate of drug-likeness (QED) is 0.561. The SMILES string of the molecule is CNC(=O)C(=NOC)c1ccccc1CO/N=C(\C)c1cccc(C(F)(F)F)c1. The Labute approximate surface area is 166 Å². The predicted octanol–water partition coefficient (Wildman–Crippen LogP) is 3.74. The maximum Gasteiger partial charge on any atom is 0.416 e. The molecule has 6 nitrogen and oxygen atoms in total. The number of alkyl halides is 3. The largest absolute Gasteiger partial charge is 0.416 e. The number of carbonyl (C=O) groups excluding carboxylic acids is 1. The van der Waals surface area contributed by atoms with Gasteiger partial charge in [-0.1, -0.05) is 46.7 Å². The number of hydrogen-bond donors (Lipinski definition) is 1. The first-order valence-electron chi connectivity index (χ1n) is 8.53. The third kappa shape index (κ3) is 5.81. The molecule has 2 aromatic carbocycles. The zero-order chi connectivity index (χ0) is 21.4. The molecule has 0 heterocycles. The summed E-state index contributed by atoms with van der Waals surface area (Å²) in [6.45, 7) is 1.52. The highest BCUT2D eigenvalue weighted by atomic mass is 19.4. The van der Waals surface area contributed by atoms with E-state index in [-0.39, 0.29) is 18.0 Å². The highest BCUT2D eigenvalue weighted by molar-refractivity contribution is 6.45. The second-order valence-corrected chi connectivity index (χ2v) is 5.89. The van der Waals surface area contributed by atoms with Crippen LogP contribution in [0.25, 0.3) is 0 Å². The summed E-state index contributed by atoms with van der Waals surface area (Å²) in [6, 6.07) is 11.7. The van der Waals surface area contributed by atoms with Crippen LogP contribution in [-0.4, -0.2) is 31.5 Å². The summed E-state index contributed by atoms with van der Waals surface area (Å²) in [4.78, 5) is 22.1. The van der Waals surface area contributed by atoms with Gasteiger partial charge in [0.15, 0.2) is 5.71 Å². The van der Waals surface area contributed by atoms with Crippen molar-refractivity contribution in [2.45, 2.75) is 19.7 Å². The number of oxime groups is 2. The summed E-state index contributed by atoms with van der Waals surface area (Å²) in [7, 11) is 2.79. The van der Waals surface area contributed by atoms with E-state index >= 15 is 0 Å². The fraction of sp³-hybridized carbons (Fsp3) is 0.250. The first-order chi connectivity index (χ1) is 13.8. The fourth-order valence-electron chi connectivity index (χ4n) is 2.47. The van der Waals surface area contributed by atoms with Crippen molar-refractivity contribution in [3.8, 4) is 0 Å². The van der Waals surface area contributed by atoms with Gasteiger partial charge < -0.3 is 15.0 Å². The number of nitrogens with one attached hydrogen (secondary N) is 1. The summed E-state index contributed by atoms with van der Waals surface area (Å²) in [6.07, 6.45) is -4.44. The van der Waals surface area contributed by atoms with Crippen molar-refractivity contribution in [1.29, 1.82) is 0 Å². The monoisotopic (exact) mass is 407 g/mol. The minimum atomic E-state index is -4.44. The third-order valence-corrected chi connectivity index (χ3v) is 3.93. The molecule has 0 spiro atoms. The van der Waals surface area contributed by atoms with Crippen molar-refractivity contribution in [2.24, 2.45) is 10.3 Å². The second-order valence-electron chi connectivity index (χ2n) is 5.89. The lowest BCUT2D eigenvalue weighted by Crippen LogP contribution is -2.29.